The molecule has 0 aliphatic carbocycles. The van der Waals surface area contributed by atoms with Crippen LogP contribution in [0.5, 0.6) is 0 Å². The number of hydrogen-bond acceptors (Lipinski definition) is 4. The van der Waals surface area contributed by atoms with E-state index >= 15 is 0 Å². The molecule has 0 saturated carbocycles. The van der Waals surface area contributed by atoms with Crippen molar-refractivity contribution in [1.29, 1.82) is 0 Å². The number of aromatic nitrogens is 1. The van der Waals surface area contributed by atoms with Gasteiger partial charge >= 0.3 is 0 Å². The molecule has 2 aromatic heterocycles. The monoisotopic (exact) mass is 328 g/mol. The van der Waals surface area contributed by atoms with Gasteiger partial charge < -0.3 is 5.32 Å². The van der Waals surface area contributed by atoms with Gasteiger partial charge in [0.15, 0.2) is 0 Å². The van der Waals surface area contributed by atoms with Crippen LogP contribution in [0.25, 0.3) is 11.3 Å². The van der Waals surface area contributed by atoms with Gasteiger partial charge in [-0.05, 0) is 30.4 Å². The van der Waals surface area contributed by atoms with Gasteiger partial charge in [0.25, 0.3) is 5.91 Å². The fraction of sp³-hybridized carbons (Fsp3) is 0.176. The zero-order valence-electron chi connectivity index (χ0n) is 12.2. The molecule has 0 fully saturated rings. The number of thiophene rings is 1. The van der Waals surface area contributed by atoms with E-state index in [-0.39, 0.29) is 5.91 Å². The molecule has 0 unspecified atom stereocenters. The van der Waals surface area contributed by atoms with Crippen molar-refractivity contribution in [2.24, 2.45) is 0 Å². The van der Waals surface area contributed by atoms with Gasteiger partial charge in [0, 0.05) is 17.5 Å². The van der Waals surface area contributed by atoms with Crippen molar-refractivity contribution in [1.82, 2.24) is 10.3 Å². The van der Waals surface area contributed by atoms with E-state index in [9.17, 15) is 4.79 Å². The van der Waals surface area contributed by atoms with Gasteiger partial charge in [-0.25, -0.2) is 4.98 Å². The van der Waals surface area contributed by atoms with Crippen molar-refractivity contribution in [3.63, 3.8) is 0 Å². The average molecular weight is 328 g/mol. The minimum absolute atomic E-state index is 0.00423. The van der Waals surface area contributed by atoms with Crippen molar-refractivity contribution < 1.29 is 4.79 Å². The van der Waals surface area contributed by atoms with Crippen molar-refractivity contribution in [3.8, 4) is 11.3 Å². The minimum Gasteiger partial charge on any atom is -0.351 e. The Morgan fingerprint density at radius 2 is 2.00 bits per heavy atom. The smallest absolute Gasteiger partial charge is 0.261 e. The van der Waals surface area contributed by atoms with E-state index in [2.05, 4.69) is 39.9 Å². The summed E-state index contributed by atoms with van der Waals surface area (Å²) in [5, 5.41) is 8.01. The van der Waals surface area contributed by atoms with Crippen LogP contribution in [0.1, 0.15) is 20.2 Å². The second kappa shape index (κ2) is 6.85. The summed E-state index contributed by atoms with van der Waals surface area (Å²) in [5.74, 6) is 0.00423. The lowest BCUT2D eigenvalue weighted by Crippen LogP contribution is -2.24. The molecule has 0 saturated heterocycles. The molecule has 1 aromatic carbocycles. The second-order valence-corrected chi connectivity index (χ2v) is 6.94. The Bertz CT molecular complexity index is 745. The summed E-state index contributed by atoms with van der Waals surface area (Å²) in [5.41, 5.74) is 3.37. The first-order valence-electron chi connectivity index (χ1n) is 7.05. The Balaban J connectivity index is 1.54. The van der Waals surface area contributed by atoms with Crippen LogP contribution in [-0.2, 0) is 6.42 Å². The van der Waals surface area contributed by atoms with Crippen LogP contribution < -0.4 is 5.32 Å². The number of amides is 1. The van der Waals surface area contributed by atoms with Gasteiger partial charge in [-0.3, -0.25) is 4.79 Å². The van der Waals surface area contributed by atoms with Crippen LogP contribution in [-0.4, -0.2) is 17.4 Å². The van der Waals surface area contributed by atoms with Crippen LogP contribution in [0.2, 0.25) is 0 Å². The number of rotatable bonds is 5. The third kappa shape index (κ3) is 3.61. The summed E-state index contributed by atoms with van der Waals surface area (Å²) in [6.45, 7) is 2.66. The van der Waals surface area contributed by atoms with E-state index in [1.165, 1.54) is 16.9 Å². The Kier molecular flexibility index (Phi) is 4.65. The third-order valence-electron chi connectivity index (χ3n) is 3.31. The normalized spacial score (nSPS) is 10.6. The number of carbonyl (C=O) groups excluding carboxylic acids is 1. The predicted octanol–water partition coefficient (Wildman–Crippen LogP) is 4.15. The molecule has 0 bridgehead atoms. The van der Waals surface area contributed by atoms with Crippen molar-refractivity contribution in [3.05, 3.63) is 62.6 Å². The fourth-order valence-corrected chi connectivity index (χ4v) is 3.42. The van der Waals surface area contributed by atoms with Gasteiger partial charge in [-0.1, -0.05) is 30.3 Å². The molecule has 1 N–H and O–H groups in total. The molecule has 2 heterocycles. The molecular formula is C17H16N2OS2. The van der Waals surface area contributed by atoms with Crippen LogP contribution >= 0.6 is 22.7 Å². The summed E-state index contributed by atoms with van der Waals surface area (Å²) in [6, 6.07) is 12.1. The molecule has 0 aliphatic heterocycles. The van der Waals surface area contributed by atoms with Crippen LogP contribution in [0.4, 0.5) is 0 Å². The quantitative estimate of drug-likeness (QED) is 0.764. The Morgan fingerprint density at radius 3 is 2.64 bits per heavy atom. The number of nitrogens with zero attached hydrogens (tertiary/aromatic N) is 1. The number of aryl methyl sites for hydroxylation is 1. The maximum Gasteiger partial charge on any atom is 0.261 e. The fourth-order valence-electron chi connectivity index (χ4n) is 2.15. The molecule has 0 atom stereocenters. The molecule has 3 nitrogen and oxygen atoms in total. The maximum absolute atomic E-state index is 11.8. The number of hydrogen-bond donors (Lipinski definition) is 1. The molecule has 3 aromatic rings. The lowest BCUT2D eigenvalue weighted by molar-refractivity contribution is 0.0958. The first kappa shape index (κ1) is 14.9. The minimum atomic E-state index is 0.00423. The van der Waals surface area contributed by atoms with Crippen molar-refractivity contribution >= 4 is 28.6 Å². The lowest BCUT2D eigenvalue weighted by atomic mass is 10.1. The van der Waals surface area contributed by atoms with Gasteiger partial charge in [-0.2, -0.15) is 0 Å². The first-order valence-corrected chi connectivity index (χ1v) is 8.81. The van der Waals surface area contributed by atoms with E-state index in [0.29, 0.717) is 6.54 Å². The van der Waals surface area contributed by atoms with Gasteiger partial charge in [0.2, 0.25) is 0 Å². The average Bonchev–Trinajstić information content (AvgIpc) is 3.19. The Morgan fingerprint density at radius 1 is 1.18 bits per heavy atom. The molecule has 22 heavy (non-hydrogen) atoms. The van der Waals surface area contributed by atoms with Gasteiger partial charge in [0.1, 0.15) is 0 Å². The number of thiazole rings is 1. The van der Waals surface area contributed by atoms with Crippen LogP contribution in [0.3, 0.4) is 0 Å². The highest BCUT2D eigenvalue weighted by atomic mass is 32.1. The zero-order chi connectivity index (χ0) is 15.4. The molecule has 3 rings (SSSR count). The van der Waals surface area contributed by atoms with E-state index in [0.717, 1.165) is 27.6 Å². The Labute approximate surface area is 137 Å². The molecule has 0 spiro atoms. The maximum atomic E-state index is 11.8. The summed E-state index contributed by atoms with van der Waals surface area (Å²) in [4.78, 5) is 17.1. The van der Waals surface area contributed by atoms with Gasteiger partial charge in [0.05, 0.1) is 15.6 Å². The summed E-state index contributed by atoms with van der Waals surface area (Å²) < 4.78 is 0. The van der Waals surface area contributed by atoms with E-state index in [4.69, 9.17) is 0 Å². The SMILES string of the molecule is Cc1nc(-c2ccc(CCNC(=O)c3cccs3)cc2)cs1. The number of benzene rings is 1. The molecule has 1 amide bonds. The highest BCUT2D eigenvalue weighted by Crippen LogP contribution is 2.21. The lowest BCUT2D eigenvalue weighted by Gasteiger charge is -2.05. The largest absolute Gasteiger partial charge is 0.351 e. The van der Waals surface area contributed by atoms with E-state index < -0.39 is 0 Å². The highest BCUT2D eigenvalue weighted by Gasteiger charge is 2.05. The second-order valence-electron chi connectivity index (χ2n) is 4.93. The topological polar surface area (TPSA) is 42.0 Å². The summed E-state index contributed by atoms with van der Waals surface area (Å²) in [7, 11) is 0. The molecular weight excluding hydrogens is 312 g/mol. The predicted molar refractivity (Wildman–Crippen MR) is 92.6 cm³/mol. The molecule has 112 valence electrons. The zero-order valence-corrected chi connectivity index (χ0v) is 13.8. The molecule has 0 radical (unpaired) electrons. The molecule has 5 heteroatoms. The number of nitrogens with one attached hydrogen (secondary N) is 1. The van der Waals surface area contributed by atoms with Crippen molar-refractivity contribution in [2.45, 2.75) is 13.3 Å². The summed E-state index contributed by atoms with van der Waals surface area (Å²) >= 11 is 3.12. The van der Waals surface area contributed by atoms with Gasteiger partial charge in [-0.15, -0.1) is 22.7 Å². The van der Waals surface area contributed by atoms with Crippen molar-refractivity contribution in [2.75, 3.05) is 6.54 Å². The Hall–Kier alpha value is -1.98. The van der Waals surface area contributed by atoms with Crippen LogP contribution in [0.15, 0.2) is 47.2 Å². The van der Waals surface area contributed by atoms with E-state index in [1.807, 2.05) is 24.4 Å². The third-order valence-corrected chi connectivity index (χ3v) is 4.96. The summed E-state index contributed by atoms with van der Waals surface area (Å²) in [6.07, 6.45) is 0.827. The number of carbonyl (C=O) groups is 1. The van der Waals surface area contributed by atoms with E-state index in [1.54, 1.807) is 11.3 Å². The first-order chi connectivity index (χ1) is 10.7. The highest BCUT2D eigenvalue weighted by molar-refractivity contribution is 7.12. The van der Waals surface area contributed by atoms with Crippen LogP contribution in [0, 0.1) is 6.92 Å². The molecule has 0 aliphatic rings. The standard InChI is InChI=1S/C17H16N2OS2/c1-12-19-15(11-22-12)14-6-4-13(5-7-14)8-9-18-17(20)16-3-2-10-21-16/h2-7,10-11H,8-9H2,1H3,(H,18,20).